The van der Waals surface area contributed by atoms with Gasteiger partial charge in [0, 0.05) is 44.4 Å². The van der Waals surface area contributed by atoms with Gasteiger partial charge >= 0.3 is 0 Å². The Balaban J connectivity index is 1.59. The summed E-state index contributed by atoms with van der Waals surface area (Å²) in [6.45, 7) is 5.63. The van der Waals surface area contributed by atoms with Gasteiger partial charge in [0.05, 0.1) is 5.69 Å². The zero-order valence-corrected chi connectivity index (χ0v) is 18.5. The number of carbonyl (C=O) groups is 2. The number of rotatable bonds is 8. The molecule has 2 amide bonds. The van der Waals surface area contributed by atoms with E-state index in [2.05, 4.69) is 15.4 Å². The van der Waals surface area contributed by atoms with Crippen LogP contribution in [-0.2, 0) is 11.3 Å². The lowest BCUT2D eigenvalue weighted by Crippen LogP contribution is -2.49. The zero-order chi connectivity index (χ0) is 21.3. The molecular weight excluding hydrogens is 400 g/mol. The summed E-state index contributed by atoms with van der Waals surface area (Å²) in [6.07, 6.45) is 3.53. The van der Waals surface area contributed by atoms with Gasteiger partial charge in [-0.15, -0.1) is 0 Å². The van der Waals surface area contributed by atoms with E-state index in [1.807, 2.05) is 42.3 Å². The summed E-state index contributed by atoms with van der Waals surface area (Å²) in [5.41, 5.74) is 1.49. The van der Waals surface area contributed by atoms with Crippen LogP contribution in [0.1, 0.15) is 34.7 Å². The Morgan fingerprint density at radius 2 is 2.00 bits per heavy atom. The SMILES string of the molecule is CSCCC(NC(=O)c1ccccc1)C(=O)N1CCCN(Cc2cc(C)on2)CC1. The molecule has 1 aliphatic rings. The fourth-order valence-corrected chi connectivity index (χ4v) is 4.09. The molecular formula is C22H30N4O3S. The summed E-state index contributed by atoms with van der Waals surface area (Å²) in [7, 11) is 0. The molecule has 1 aromatic heterocycles. The molecule has 3 rings (SSSR count). The summed E-state index contributed by atoms with van der Waals surface area (Å²) in [6, 6.07) is 10.5. The molecule has 1 N–H and O–H groups in total. The van der Waals surface area contributed by atoms with Gasteiger partial charge in [-0.05, 0) is 43.9 Å². The molecule has 2 aromatic rings. The van der Waals surface area contributed by atoms with Crippen molar-refractivity contribution in [2.75, 3.05) is 38.2 Å². The van der Waals surface area contributed by atoms with Gasteiger partial charge in [-0.3, -0.25) is 14.5 Å². The molecule has 1 atom stereocenters. The molecule has 1 saturated heterocycles. The molecule has 0 aliphatic carbocycles. The quantitative estimate of drug-likeness (QED) is 0.694. The van der Waals surface area contributed by atoms with Crippen LogP contribution in [0.5, 0.6) is 0 Å². The highest BCUT2D eigenvalue weighted by Gasteiger charge is 2.27. The number of nitrogens with one attached hydrogen (secondary N) is 1. The minimum atomic E-state index is -0.505. The minimum Gasteiger partial charge on any atom is -0.361 e. The maximum atomic E-state index is 13.2. The second kappa shape index (κ2) is 11.2. The topological polar surface area (TPSA) is 78.7 Å². The van der Waals surface area contributed by atoms with Crippen LogP contribution in [0.2, 0.25) is 0 Å². The molecule has 7 nitrogen and oxygen atoms in total. The molecule has 1 aromatic carbocycles. The van der Waals surface area contributed by atoms with Crippen LogP contribution in [0.4, 0.5) is 0 Å². The van der Waals surface area contributed by atoms with Gasteiger partial charge in [0.1, 0.15) is 11.8 Å². The standard InChI is InChI=1S/C22H30N4O3S/c1-17-15-19(24-29-17)16-25-10-6-11-26(13-12-25)22(28)20(9-14-30-2)23-21(27)18-7-4-3-5-8-18/h3-5,7-8,15,20H,6,9-14,16H2,1-2H3,(H,23,27). The van der Waals surface area contributed by atoms with Crippen molar-refractivity contribution < 1.29 is 14.1 Å². The summed E-state index contributed by atoms with van der Waals surface area (Å²) in [5, 5.41) is 7.03. The number of benzene rings is 1. The fraction of sp³-hybridized carbons (Fsp3) is 0.500. The van der Waals surface area contributed by atoms with Crippen LogP contribution < -0.4 is 5.32 Å². The second-order valence-electron chi connectivity index (χ2n) is 7.56. The molecule has 30 heavy (non-hydrogen) atoms. The van der Waals surface area contributed by atoms with E-state index < -0.39 is 6.04 Å². The van der Waals surface area contributed by atoms with Crippen molar-refractivity contribution in [1.82, 2.24) is 20.3 Å². The van der Waals surface area contributed by atoms with Crippen LogP contribution in [0.25, 0.3) is 0 Å². The van der Waals surface area contributed by atoms with E-state index >= 15 is 0 Å². The van der Waals surface area contributed by atoms with Gasteiger partial charge in [0.15, 0.2) is 0 Å². The van der Waals surface area contributed by atoms with E-state index in [9.17, 15) is 9.59 Å². The Kier molecular flexibility index (Phi) is 8.33. The van der Waals surface area contributed by atoms with Crippen LogP contribution in [-0.4, -0.2) is 71.0 Å². The largest absolute Gasteiger partial charge is 0.361 e. The summed E-state index contributed by atoms with van der Waals surface area (Å²) in [4.78, 5) is 30.1. The Morgan fingerprint density at radius 3 is 2.70 bits per heavy atom. The maximum Gasteiger partial charge on any atom is 0.251 e. The van der Waals surface area contributed by atoms with E-state index in [4.69, 9.17) is 4.52 Å². The lowest BCUT2D eigenvalue weighted by Gasteiger charge is -2.27. The van der Waals surface area contributed by atoms with E-state index in [1.54, 1.807) is 23.9 Å². The molecule has 1 aliphatic heterocycles. The first-order valence-corrected chi connectivity index (χ1v) is 11.7. The van der Waals surface area contributed by atoms with Gasteiger partial charge in [0.2, 0.25) is 5.91 Å². The van der Waals surface area contributed by atoms with E-state index in [0.29, 0.717) is 25.1 Å². The van der Waals surface area contributed by atoms with Crippen LogP contribution in [0.15, 0.2) is 40.9 Å². The first-order chi connectivity index (χ1) is 14.6. The number of thioether (sulfide) groups is 1. The highest BCUT2D eigenvalue weighted by Crippen LogP contribution is 2.12. The molecule has 0 bridgehead atoms. The van der Waals surface area contributed by atoms with Crippen molar-refractivity contribution in [3.63, 3.8) is 0 Å². The van der Waals surface area contributed by atoms with Crippen molar-refractivity contribution in [3.8, 4) is 0 Å². The third-order valence-corrected chi connectivity index (χ3v) is 5.86. The number of nitrogens with zero attached hydrogens (tertiary/aromatic N) is 3. The Bertz CT molecular complexity index is 827. The van der Waals surface area contributed by atoms with Crippen LogP contribution >= 0.6 is 11.8 Å². The van der Waals surface area contributed by atoms with Gasteiger partial charge < -0.3 is 14.7 Å². The number of aromatic nitrogens is 1. The molecule has 162 valence electrons. The normalized spacial score (nSPS) is 16.1. The fourth-order valence-electron chi connectivity index (χ4n) is 3.62. The second-order valence-corrected chi connectivity index (χ2v) is 8.54. The van der Waals surface area contributed by atoms with Crippen molar-refractivity contribution in [2.24, 2.45) is 0 Å². The summed E-state index contributed by atoms with van der Waals surface area (Å²) < 4.78 is 5.16. The van der Waals surface area contributed by atoms with Crippen molar-refractivity contribution in [1.29, 1.82) is 0 Å². The highest BCUT2D eigenvalue weighted by atomic mass is 32.2. The lowest BCUT2D eigenvalue weighted by atomic mass is 10.1. The Hall–Kier alpha value is -2.32. The first kappa shape index (κ1) is 22.4. The van der Waals surface area contributed by atoms with Crippen LogP contribution in [0, 0.1) is 6.92 Å². The number of amides is 2. The molecule has 0 radical (unpaired) electrons. The van der Waals surface area contributed by atoms with Gasteiger partial charge in [0.25, 0.3) is 5.91 Å². The van der Waals surface area contributed by atoms with Crippen molar-refractivity contribution in [3.05, 3.63) is 53.4 Å². The summed E-state index contributed by atoms with van der Waals surface area (Å²) in [5.74, 6) is 1.43. The number of aryl methyl sites for hydroxylation is 1. The van der Waals surface area contributed by atoms with E-state index in [0.717, 1.165) is 43.3 Å². The number of hydrogen-bond acceptors (Lipinski definition) is 6. The predicted octanol–water partition coefficient (Wildman–Crippen LogP) is 2.57. The highest BCUT2D eigenvalue weighted by molar-refractivity contribution is 7.98. The van der Waals surface area contributed by atoms with E-state index in [-0.39, 0.29) is 11.8 Å². The molecule has 1 unspecified atom stereocenters. The smallest absolute Gasteiger partial charge is 0.251 e. The van der Waals surface area contributed by atoms with Crippen molar-refractivity contribution in [2.45, 2.75) is 32.4 Å². The molecule has 0 spiro atoms. The van der Waals surface area contributed by atoms with Gasteiger partial charge in [-0.1, -0.05) is 23.4 Å². The molecule has 0 saturated carbocycles. The molecule has 2 heterocycles. The average Bonchev–Trinajstić information content (AvgIpc) is 3.03. The van der Waals surface area contributed by atoms with Crippen molar-refractivity contribution >= 4 is 23.6 Å². The lowest BCUT2D eigenvalue weighted by molar-refractivity contribution is -0.133. The average molecular weight is 431 g/mol. The number of carbonyl (C=O) groups excluding carboxylic acids is 2. The maximum absolute atomic E-state index is 13.2. The Morgan fingerprint density at radius 1 is 1.20 bits per heavy atom. The Labute approximate surface area is 182 Å². The van der Waals surface area contributed by atoms with Gasteiger partial charge in [-0.2, -0.15) is 11.8 Å². The van der Waals surface area contributed by atoms with E-state index in [1.165, 1.54) is 0 Å². The minimum absolute atomic E-state index is 0.00691. The zero-order valence-electron chi connectivity index (χ0n) is 17.7. The third-order valence-electron chi connectivity index (χ3n) is 5.21. The van der Waals surface area contributed by atoms with Crippen LogP contribution in [0.3, 0.4) is 0 Å². The molecule has 1 fully saturated rings. The van der Waals surface area contributed by atoms with Gasteiger partial charge in [-0.25, -0.2) is 0 Å². The summed E-state index contributed by atoms with van der Waals surface area (Å²) >= 11 is 1.68. The monoisotopic (exact) mass is 430 g/mol. The predicted molar refractivity (Wildman–Crippen MR) is 118 cm³/mol. The number of hydrogen-bond donors (Lipinski definition) is 1. The third kappa shape index (κ3) is 6.34. The first-order valence-electron chi connectivity index (χ1n) is 10.3. The molecule has 8 heteroatoms.